The van der Waals surface area contributed by atoms with Crippen molar-refractivity contribution in [3.63, 3.8) is 0 Å². The molecule has 0 radical (unpaired) electrons. The van der Waals surface area contributed by atoms with Crippen LogP contribution in [0.2, 0.25) is 0 Å². The van der Waals surface area contributed by atoms with E-state index >= 15 is 0 Å². The van der Waals surface area contributed by atoms with Crippen molar-refractivity contribution in [3.8, 4) is 5.75 Å². The average Bonchev–Trinajstić information content (AvgIpc) is 3.10. The molecule has 3 N–H and O–H groups in total. The highest BCUT2D eigenvalue weighted by Crippen LogP contribution is 2.33. The first-order valence-corrected chi connectivity index (χ1v) is 9.53. The SMILES string of the molecule is CCC1CCc2sc(C(=O)NNC(=O)Nc3ccc(OC)cc3)cc2C1. The molecule has 0 aliphatic heterocycles. The Morgan fingerprint density at radius 1 is 1.23 bits per heavy atom. The molecule has 26 heavy (non-hydrogen) atoms. The minimum Gasteiger partial charge on any atom is -0.497 e. The van der Waals surface area contributed by atoms with Gasteiger partial charge in [0.1, 0.15) is 5.75 Å². The number of rotatable bonds is 4. The van der Waals surface area contributed by atoms with Gasteiger partial charge in [-0.15, -0.1) is 11.3 Å². The highest BCUT2D eigenvalue weighted by Gasteiger charge is 2.22. The number of ether oxygens (including phenoxy) is 1. The first-order chi connectivity index (χ1) is 12.6. The highest BCUT2D eigenvalue weighted by molar-refractivity contribution is 7.14. The van der Waals surface area contributed by atoms with Gasteiger partial charge in [0, 0.05) is 10.6 Å². The van der Waals surface area contributed by atoms with Crippen molar-refractivity contribution < 1.29 is 14.3 Å². The number of amides is 3. The van der Waals surface area contributed by atoms with Crippen LogP contribution in [0.5, 0.6) is 5.75 Å². The van der Waals surface area contributed by atoms with Crippen LogP contribution >= 0.6 is 11.3 Å². The van der Waals surface area contributed by atoms with E-state index in [0.717, 1.165) is 12.8 Å². The number of hydrazine groups is 1. The minimum absolute atomic E-state index is 0.290. The van der Waals surface area contributed by atoms with E-state index in [1.54, 1.807) is 31.4 Å². The van der Waals surface area contributed by atoms with Crippen LogP contribution in [0.15, 0.2) is 30.3 Å². The Bertz CT molecular complexity index is 786. The molecular weight excluding hydrogens is 350 g/mol. The van der Waals surface area contributed by atoms with Crippen LogP contribution < -0.4 is 20.9 Å². The van der Waals surface area contributed by atoms with E-state index in [2.05, 4.69) is 23.1 Å². The zero-order valence-electron chi connectivity index (χ0n) is 14.9. The Kier molecular flexibility index (Phi) is 5.78. The fraction of sp³-hybridized carbons (Fsp3) is 0.368. The molecule has 3 rings (SSSR count). The second kappa shape index (κ2) is 8.23. The van der Waals surface area contributed by atoms with Gasteiger partial charge in [0.2, 0.25) is 0 Å². The third kappa shape index (κ3) is 4.35. The molecule has 1 aliphatic rings. The van der Waals surface area contributed by atoms with Crippen molar-refractivity contribution in [1.29, 1.82) is 0 Å². The van der Waals surface area contributed by atoms with Crippen LogP contribution in [-0.2, 0) is 12.8 Å². The van der Waals surface area contributed by atoms with Crippen molar-refractivity contribution in [2.24, 2.45) is 5.92 Å². The molecule has 0 bridgehead atoms. The zero-order chi connectivity index (χ0) is 18.5. The van der Waals surface area contributed by atoms with E-state index in [1.165, 1.54) is 34.6 Å². The van der Waals surface area contributed by atoms with Crippen molar-refractivity contribution in [2.45, 2.75) is 32.6 Å². The topological polar surface area (TPSA) is 79.5 Å². The Morgan fingerprint density at radius 2 is 2.00 bits per heavy atom. The summed E-state index contributed by atoms with van der Waals surface area (Å²) in [5.41, 5.74) is 6.73. The average molecular weight is 373 g/mol. The predicted molar refractivity (Wildman–Crippen MR) is 103 cm³/mol. The lowest BCUT2D eigenvalue weighted by Gasteiger charge is -2.19. The highest BCUT2D eigenvalue weighted by atomic mass is 32.1. The van der Waals surface area contributed by atoms with Gasteiger partial charge in [0.15, 0.2) is 0 Å². The van der Waals surface area contributed by atoms with Gasteiger partial charge < -0.3 is 10.1 Å². The molecule has 2 aromatic rings. The van der Waals surface area contributed by atoms with Crippen LogP contribution in [0.1, 0.15) is 39.9 Å². The largest absolute Gasteiger partial charge is 0.497 e. The van der Waals surface area contributed by atoms with Gasteiger partial charge in [-0.3, -0.25) is 10.2 Å². The van der Waals surface area contributed by atoms with Crippen LogP contribution in [-0.4, -0.2) is 19.0 Å². The van der Waals surface area contributed by atoms with Gasteiger partial charge in [0.25, 0.3) is 5.91 Å². The van der Waals surface area contributed by atoms with Gasteiger partial charge in [0.05, 0.1) is 12.0 Å². The summed E-state index contributed by atoms with van der Waals surface area (Å²) in [5.74, 6) is 1.12. The molecule has 3 amide bonds. The maximum Gasteiger partial charge on any atom is 0.337 e. The maximum absolute atomic E-state index is 12.3. The Balaban J connectivity index is 1.52. The molecule has 1 atom stereocenters. The Hall–Kier alpha value is -2.54. The third-order valence-corrected chi connectivity index (χ3v) is 5.86. The molecule has 0 fully saturated rings. The number of urea groups is 1. The van der Waals surface area contributed by atoms with Crippen molar-refractivity contribution in [1.82, 2.24) is 10.9 Å². The number of methoxy groups -OCH3 is 1. The normalized spacial score (nSPS) is 15.7. The van der Waals surface area contributed by atoms with Crippen LogP contribution in [0.25, 0.3) is 0 Å². The van der Waals surface area contributed by atoms with Crippen LogP contribution in [0.3, 0.4) is 0 Å². The summed E-state index contributed by atoms with van der Waals surface area (Å²) >= 11 is 1.52. The summed E-state index contributed by atoms with van der Waals surface area (Å²) in [7, 11) is 1.58. The van der Waals surface area contributed by atoms with E-state index in [1.807, 2.05) is 6.07 Å². The van der Waals surface area contributed by atoms with Gasteiger partial charge >= 0.3 is 6.03 Å². The van der Waals surface area contributed by atoms with E-state index in [-0.39, 0.29) is 5.91 Å². The number of carbonyl (C=O) groups excluding carboxylic acids is 2. The van der Waals surface area contributed by atoms with E-state index in [4.69, 9.17) is 4.74 Å². The van der Waals surface area contributed by atoms with Crippen molar-refractivity contribution in [2.75, 3.05) is 12.4 Å². The molecule has 138 valence electrons. The lowest BCUT2D eigenvalue weighted by Crippen LogP contribution is -2.43. The molecular formula is C19H23N3O3S. The van der Waals surface area contributed by atoms with Gasteiger partial charge in [-0.05, 0) is 61.1 Å². The maximum atomic E-state index is 12.3. The van der Waals surface area contributed by atoms with Gasteiger partial charge in [-0.2, -0.15) is 0 Å². The fourth-order valence-corrected chi connectivity index (χ4v) is 4.17. The molecule has 1 aromatic carbocycles. The lowest BCUT2D eigenvalue weighted by molar-refractivity contribution is 0.0942. The van der Waals surface area contributed by atoms with Crippen LogP contribution in [0, 0.1) is 5.92 Å². The second-order valence-corrected chi connectivity index (χ2v) is 7.47. The number of hydrogen-bond acceptors (Lipinski definition) is 4. The summed E-state index contributed by atoms with van der Waals surface area (Å²) < 4.78 is 5.07. The standard InChI is InChI=1S/C19H23N3O3S/c1-3-12-4-9-16-13(10-12)11-17(26-16)18(23)21-22-19(24)20-14-5-7-15(25-2)8-6-14/h5-8,11-12H,3-4,9-10H2,1-2H3,(H,21,23)(H2,20,22,24). The molecule has 7 heteroatoms. The number of carbonyl (C=O) groups is 2. The minimum atomic E-state index is -0.504. The van der Waals surface area contributed by atoms with Crippen molar-refractivity contribution in [3.05, 3.63) is 45.6 Å². The number of aryl methyl sites for hydroxylation is 1. The van der Waals surface area contributed by atoms with E-state index in [0.29, 0.717) is 22.2 Å². The Morgan fingerprint density at radius 3 is 2.69 bits per heavy atom. The molecule has 1 unspecified atom stereocenters. The third-order valence-electron chi connectivity index (χ3n) is 4.62. The van der Waals surface area contributed by atoms with Crippen LogP contribution in [0.4, 0.5) is 10.5 Å². The second-order valence-electron chi connectivity index (χ2n) is 6.34. The molecule has 6 nitrogen and oxygen atoms in total. The quantitative estimate of drug-likeness (QED) is 0.714. The summed E-state index contributed by atoms with van der Waals surface area (Å²) in [5, 5.41) is 2.65. The van der Waals surface area contributed by atoms with E-state index < -0.39 is 6.03 Å². The fourth-order valence-electron chi connectivity index (χ4n) is 3.07. The first-order valence-electron chi connectivity index (χ1n) is 8.72. The number of fused-ring (bicyclic) bond motifs is 1. The zero-order valence-corrected chi connectivity index (χ0v) is 15.7. The number of nitrogens with one attached hydrogen (secondary N) is 3. The summed E-state index contributed by atoms with van der Waals surface area (Å²) in [6.45, 7) is 2.21. The molecule has 0 saturated heterocycles. The Labute approximate surface area is 156 Å². The molecule has 1 aromatic heterocycles. The smallest absolute Gasteiger partial charge is 0.337 e. The van der Waals surface area contributed by atoms with Gasteiger partial charge in [-0.25, -0.2) is 10.2 Å². The number of anilines is 1. The number of hydrogen-bond donors (Lipinski definition) is 3. The summed E-state index contributed by atoms with van der Waals surface area (Å²) in [4.78, 5) is 26.1. The summed E-state index contributed by atoms with van der Waals surface area (Å²) in [6.07, 6.45) is 4.44. The molecule has 1 heterocycles. The number of thiophene rings is 1. The monoisotopic (exact) mass is 373 g/mol. The molecule has 1 aliphatic carbocycles. The van der Waals surface area contributed by atoms with Gasteiger partial charge in [-0.1, -0.05) is 13.3 Å². The summed E-state index contributed by atoms with van der Waals surface area (Å²) in [6, 6.07) is 8.38. The lowest BCUT2D eigenvalue weighted by atomic mass is 9.87. The first kappa shape index (κ1) is 18.3. The predicted octanol–water partition coefficient (Wildman–Crippen LogP) is 3.74. The van der Waals surface area contributed by atoms with E-state index in [9.17, 15) is 9.59 Å². The number of benzene rings is 1. The molecule has 0 saturated carbocycles. The molecule has 0 spiro atoms. The van der Waals surface area contributed by atoms with Crippen molar-refractivity contribution >= 4 is 29.0 Å².